The first-order valence-corrected chi connectivity index (χ1v) is 18.1. The van der Waals surface area contributed by atoms with Gasteiger partial charge >= 0.3 is 18.0 Å². The number of ether oxygens (including phenoxy) is 4. The van der Waals surface area contributed by atoms with E-state index in [1.807, 2.05) is 0 Å². The summed E-state index contributed by atoms with van der Waals surface area (Å²) in [6.07, 6.45) is 17.1. The number of Topliss-reactive ketones (excluding diaryl/α,β-unsaturated/α-hetero) is 1. The Kier molecular flexibility index (Phi) is 32.1. The lowest BCUT2D eigenvalue weighted by Gasteiger charge is -2.13. The SMILES string of the molecule is CC(=O)CC[C@H](NC(=O)OCCCOCCOCCOCCCCCNC(=O)CCCCCCCCCCCCCCC(=O)O)C(=O)O. The van der Waals surface area contributed by atoms with Crippen LogP contribution in [0.4, 0.5) is 4.79 Å². The zero-order valence-electron chi connectivity index (χ0n) is 29.4. The van der Waals surface area contributed by atoms with E-state index in [2.05, 4.69) is 10.6 Å². The first kappa shape index (κ1) is 45.2. The van der Waals surface area contributed by atoms with E-state index in [4.69, 9.17) is 29.2 Å². The predicted molar refractivity (Wildman–Crippen MR) is 182 cm³/mol. The Morgan fingerprint density at radius 3 is 1.54 bits per heavy atom. The van der Waals surface area contributed by atoms with Gasteiger partial charge in [-0.3, -0.25) is 9.59 Å². The molecule has 0 aliphatic carbocycles. The van der Waals surface area contributed by atoms with Crippen molar-refractivity contribution in [3.63, 3.8) is 0 Å². The predicted octanol–water partition coefficient (Wildman–Crippen LogP) is 5.81. The lowest BCUT2D eigenvalue weighted by molar-refractivity contribution is -0.140. The minimum absolute atomic E-state index is 0.0156. The molecule has 4 N–H and O–H groups in total. The molecule has 13 nitrogen and oxygen atoms in total. The van der Waals surface area contributed by atoms with Crippen LogP contribution >= 0.6 is 0 Å². The van der Waals surface area contributed by atoms with Gasteiger partial charge in [-0.05, 0) is 45.4 Å². The highest BCUT2D eigenvalue weighted by Crippen LogP contribution is 2.13. The smallest absolute Gasteiger partial charge is 0.407 e. The largest absolute Gasteiger partial charge is 0.481 e. The Bertz CT molecular complexity index is 841. The van der Waals surface area contributed by atoms with Crippen molar-refractivity contribution < 1.29 is 53.1 Å². The summed E-state index contributed by atoms with van der Waals surface area (Å²) in [6, 6.07) is -1.16. The van der Waals surface area contributed by atoms with Crippen molar-refractivity contribution in [3.8, 4) is 0 Å². The average Bonchev–Trinajstić information content (AvgIpc) is 3.04. The fraction of sp³-hybridized carbons (Fsp3) is 0.857. The number of carbonyl (C=O) groups excluding carboxylic acids is 3. The third-order valence-electron chi connectivity index (χ3n) is 7.62. The van der Waals surface area contributed by atoms with E-state index in [9.17, 15) is 24.0 Å². The molecule has 0 saturated heterocycles. The summed E-state index contributed by atoms with van der Waals surface area (Å²) in [7, 11) is 0. The normalized spacial score (nSPS) is 11.6. The number of amides is 2. The molecule has 2 amide bonds. The van der Waals surface area contributed by atoms with Crippen molar-refractivity contribution in [2.45, 2.75) is 141 Å². The van der Waals surface area contributed by atoms with Crippen molar-refractivity contribution in [1.29, 1.82) is 0 Å². The van der Waals surface area contributed by atoms with Gasteiger partial charge in [0.15, 0.2) is 0 Å². The number of hydrogen-bond donors (Lipinski definition) is 4. The van der Waals surface area contributed by atoms with Gasteiger partial charge < -0.3 is 44.6 Å². The van der Waals surface area contributed by atoms with Crippen molar-refractivity contribution in [3.05, 3.63) is 0 Å². The summed E-state index contributed by atoms with van der Waals surface area (Å²) in [5.74, 6) is -1.92. The van der Waals surface area contributed by atoms with Crippen LogP contribution in [0.1, 0.15) is 135 Å². The van der Waals surface area contributed by atoms with Crippen LogP contribution in [-0.2, 0) is 38.1 Å². The summed E-state index contributed by atoms with van der Waals surface area (Å²) in [4.78, 5) is 56.3. The quantitative estimate of drug-likeness (QED) is 0.0582. The molecule has 280 valence electrons. The second kappa shape index (κ2) is 34.1. The lowest BCUT2D eigenvalue weighted by Crippen LogP contribution is -2.41. The molecule has 13 heteroatoms. The van der Waals surface area contributed by atoms with Crippen molar-refractivity contribution in [1.82, 2.24) is 10.6 Å². The van der Waals surface area contributed by atoms with E-state index in [0.717, 1.165) is 51.4 Å². The summed E-state index contributed by atoms with van der Waals surface area (Å²) < 4.78 is 21.4. The van der Waals surface area contributed by atoms with E-state index < -0.39 is 24.1 Å². The maximum Gasteiger partial charge on any atom is 0.407 e. The molecule has 0 aromatic carbocycles. The molecule has 0 radical (unpaired) electrons. The molecule has 48 heavy (non-hydrogen) atoms. The highest BCUT2D eigenvalue weighted by Gasteiger charge is 2.20. The Balaban J connectivity index is 3.33. The number of ketones is 1. The van der Waals surface area contributed by atoms with Crippen LogP contribution in [0, 0.1) is 0 Å². The fourth-order valence-corrected chi connectivity index (χ4v) is 4.81. The van der Waals surface area contributed by atoms with Crippen LogP contribution in [0.3, 0.4) is 0 Å². The lowest BCUT2D eigenvalue weighted by atomic mass is 10.0. The van der Waals surface area contributed by atoms with Gasteiger partial charge in [0.25, 0.3) is 0 Å². The number of alkyl carbamates (subject to hydrolysis) is 1. The van der Waals surface area contributed by atoms with Gasteiger partial charge in [-0.15, -0.1) is 0 Å². The Morgan fingerprint density at radius 2 is 1.02 bits per heavy atom. The molecule has 1 atom stereocenters. The van der Waals surface area contributed by atoms with Crippen LogP contribution in [0.5, 0.6) is 0 Å². The van der Waals surface area contributed by atoms with Crippen LogP contribution in [0.2, 0.25) is 0 Å². The molecule has 0 aromatic rings. The van der Waals surface area contributed by atoms with Crippen molar-refractivity contribution >= 4 is 29.7 Å². The number of carboxylic acid groups (broad SMARTS) is 2. The van der Waals surface area contributed by atoms with Crippen molar-refractivity contribution in [2.75, 3.05) is 52.8 Å². The first-order valence-electron chi connectivity index (χ1n) is 18.1. The molecule has 0 unspecified atom stereocenters. The van der Waals surface area contributed by atoms with Gasteiger partial charge in [0.2, 0.25) is 5.91 Å². The zero-order chi connectivity index (χ0) is 35.5. The zero-order valence-corrected chi connectivity index (χ0v) is 29.4. The Hall–Kier alpha value is -2.77. The molecule has 0 aliphatic heterocycles. The van der Waals surface area contributed by atoms with E-state index in [1.54, 1.807) is 0 Å². The van der Waals surface area contributed by atoms with Gasteiger partial charge in [-0.1, -0.05) is 64.2 Å². The summed E-state index contributed by atoms with van der Waals surface area (Å²) in [6.45, 7) is 4.94. The van der Waals surface area contributed by atoms with Gasteiger partial charge in [-0.25, -0.2) is 9.59 Å². The third kappa shape index (κ3) is 34.6. The monoisotopic (exact) mass is 688 g/mol. The van der Waals surface area contributed by atoms with Gasteiger partial charge in [0, 0.05) is 45.4 Å². The maximum absolute atomic E-state index is 12.0. The van der Waals surface area contributed by atoms with Gasteiger partial charge in [0.05, 0.1) is 33.0 Å². The number of nitrogens with one attached hydrogen (secondary N) is 2. The summed E-state index contributed by atoms with van der Waals surface area (Å²) >= 11 is 0. The number of aliphatic carboxylic acids is 2. The maximum atomic E-state index is 12.0. The van der Waals surface area contributed by atoms with Crippen LogP contribution in [0.25, 0.3) is 0 Å². The van der Waals surface area contributed by atoms with Crippen LogP contribution < -0.4 is 10.6 Å². The highest BCUT2D eigenvalue weighted by molar-refractivity contribution is 5.81. The molecular weight excluding hydrogens is 624 g/mol. The standard InChI is InChI=1S/C35H64N2O11/c1-30(38)20-21-31(34(42)43)37-35(44)48-25-17-24-46-27-29-47-28-26-45-23-16-12-15-22-36-32(39)18-13-10-8-6-4-2-3-5-7-9-11-14-19-33(40)41/h31H,2-29H2,1H3,(H,36,39)(H,37,44)(H,40,41)(H,42,43)/t31-/m0/s1. The fourth-order valence-electron chi connectivity index (χ4n) is 4.81. The second-order valence-corrected chi connectivity index (χ2v) is 12.1. The van der Waals surface area contributed by atoms with Crippen LogP contribution in [0.15, 0.2) is 0 Å². The molecule has 0 aliphatic rings. The Morgan fingerprint density at radius 1 is 0.542 bits per heavy atom. The van der Waals surface area contributed by atoms with Crippen LogP contribution in [-0.4, -0.2) is 98.8 Å². The summed E-state index contributed by atoms with van der Waals surface area (Å²) in [5.41, 5.74) is 0. The topological polar surface area (TPSA) is 187 Å². The highest BCUT2D eigenvalue weighted by atomic mass is 16.6. The number of rotatable bonds is 36. The molecular formula is C35H64N2O11. The van der Waals surface area contributed by atoms with E-state index in [0.29, 0.717) is 65.4 Å². The molecule has 0 rings (SSSR count). The number of carbonyl (C=O) groups is 5. The van der Waals surface area contributed by atoms with E-state index in [1.165, 1.54) is 51.9 Å². The van der Waals surface area contributed by atoms with Gasteiger partial charge in [0.1, 0.15) is 11.8 Å². The molecule has 0 fully saturated rings. The molecule has 0 heterocycles. The molecule has 0 spiro atoms. The van der Waals surface area contributed by atoms with Crippen molar-refractivity contribution in [2.24, 2.45) is 0 Å². The van der Waals surface area contributed by atoms with E-state index in [-0.39, 0.29) is 31.1 Å². The Labute approximate surface area is 287 Å². The minimum Gasteiger partial charge on any atom is -0.481 e. The first-order chi connectivity index (χ1) is 23.2. The molecule has 0 saturated carbocycles. The average molecular weight is 689 g/mol. The third-order valence-corrected chi connectivity index (χ3v) is 7.62. The number of unbranched alkanes of at least 4 members (excludes halogenated alkanes) is 13. The van der Waals surface area contributed by atoms with E-state index >= 15 is 0 Å². The molecule has 0 bridgehead atoms. The van der Waals surface area contributed by atoms with Gasteiger partial charge in [-0.2, -0.15) is 0 Å². The molecule has 0 aromatic heterocycles. The number of carboxylic acids is 2. The minimum atomic E-state index is -1.22. The second-order valence-electron chi connectivity index (χ2n) is 12.1. The number of hydrogen-bond acceptors (Lipinski definition) is 9. The summed E-state index contributed by atoms with van der Waals surface area (Å²) in [5, 5.41) is 23.0.